The molecule has 5 heteroatoms. The molecule has 1 atom stereocenters. The van der Waals surface area contributed by atoms with Crippen molar-refractivity contribution in [2.75, 3.05) is 31.5 Å². The van der Waals surface area contributed by atoms with E-state index in [9.17, 15) is 9.59 Å². The third-order valence-electron chi connectivity index (χ3n) is 6.05. The van der Waals surface area contributed by atoms with Gasteiger partial charge in [0.15, 0.2) is 0 Å². The largest absolute Gasteiger partial charge is 0.340 e. The molecule has 5 nitrogen and oxygen atoms in total. The summed E-state index contributed by atoms with van der Waals surface area (Å²) in [6, 6.07) is 8.42. The Hall–Kier alpha value is -1.88. The summed E-state index contributed by atoms with van der Waals surface area (Å²) in [6.07, 6.45) is 6.98. The SMILES string of the molecule is O=C1Nc2ccccc2C1CC(=O)N1CCN(C2CCCCC2)CC1. The minimum atomic E-state index is -0.333. The monoisotopic (exact) mass is 341 g/mol. The van der Waals surface area contributed by atoms with Crippen molar-refractivity contribution in [3.8, 4) is 0 Å². The van der Waals surface area contributed by atoms with Crippen molar-refractivity contribution in [1.82, 2.24) is 9.80 Å². The van der Waals surface area contributed by atoms with Gasteiger partial charge in [-0.2, -0.15) is 0 Å². The van der Waals surface area contributed by atoms with Crippen molar-refractivity contribution in [3.63, 3.8) is 0 Å². The maximum atomic E-state index is 12.7. The van der Waals surface area contributed by atoms with E-state index in [1.165, 1.54) is 32.1 Å². The number of para-hydroxylation sites is 1. The van der Waals surface area contributed by atoms with Crippen molar-refractivity contribution >= 4 is 17.5 Å². The smallest absolute Gasteiger partial charge is 0.232 e. The van der Waals surface area contributed by atoms with Crippen molar-refractivity contribution in [3.05, 3.63) is 29.8 Å². The van der Waals surface area contributed by atoms with Gasteiger partial charge in [-0.1, -0.05) is 37.5 Å². The van der Waals surface area contributed by atoms with Gasteiger partial charge in [0.05, 0.1) is 5.92 Å². The van der Waals surface area contributed by atoms with E-state index >= 15 is 0 Å². The number of hydrogen-bond acceptors (Lipinski definition) is 3. The number of benzene rings is 1. The van der Waals surface area contributed by atoms with Gasteiger partial charge in [-0.25, -0.2) is 0 Å². The summed E-state index contributed by atoms with van der Waals surface area (Å²) in [5.74, 6) is -0.268. The first-order valence-corrected chi connectivity index (χ1v) is 9.64. The number of carbonyl (C=O) groups excluding carboxylic acids is 2. The fourth-order valence-electron chi connectivity index (χ4n) is 4.56. The number of piperazine rings is 1. The minimum Gasteiger partial charge on any atom is -0.340 e. The van der Waals surface area contributed by atoms with Gasteiger partial charge in [0.25, 0.3) is 0 Å². The lowest BCUT2D eigenvalue weighted by Crippen LogP contribution is -2.52. The van der Waals surface area contributed by atoms with Crippen LogP contribution in [-0.2, 0) is 9.59 Å². The highest BCUT2D eigenvalue weighted by molar-refractivity contribution is 6.04. The second kappa shape index (κ2) is 7.16. The van der Waals surface area contributed by atoms with Crippen LogP contribution in [0.3, 0.4) is 0 Å². The lowest BCUT2D eigenvalue weighted by Gasteiger charge is -2.41. The van der Waals surface area contributed by atoms with Crippen LogP contribution in [0.4, 0.5) is 5.69 Å². The van der Waals surface area contributed by atoms with Gasteiger partial charge in [0.2, 0.25) is 11.8 Å². The van der Waals surface area contributed by atoms with E-state index in [-0.39, 0.29) is 24.2 Å². The molecule has 1 saturated heterocycles. The molecule has 2 amide bonds. The molecule has 3 aliphatic rings. The Morgan fingerprint density at radius 2 is 1.76 bits per heavy atom. The standard InChI is InChI=1S/C20H27N3O2/c24-19(14-17-16-8-4-5-9-18(16)21-20(17)25)23-12-10-22(11-13-23)15-6-2-1-3-7-15/h4-5,8-9,15,17H,1-3,6-7,10-14H2,(H,21,25). The molecule has 1 saturated carbocycles. The van der Waals surface area contributed by atoms with Gasteiger partial charge in [0.1, 0.15) is 0 Å². The highest BCUT2D eigenvalue weighted by Crippen LogP contribution is 2.34. The van der Waals surface area contributed by atoms with Crippen molar-refractivity contribution in [1.29, 1.82) is 0 Å². The van der Waals surface area contributed by atoms with Crippen LogP contribution in [-0.4, -0.2) is 53.8 Å². The third-order valence-corrected chi connectivity index (χ3v) is 6.05. The number of nitrogens with one attached hydrogen (secondary N) is 1. The second-order valence-corrected chi connectivity index (χ2v) is 7.54. The average molecular weight is 341 g/mol. The maximum absolute atomic E-state index is 12.7. The van der Waals surface area contributed by atoms with Crippen molar-refractivity contribution in [2.24, 2.45) is 0 Å². The summed E-state index contributed by atoms with van der Waals surface area (Å²) >= 11 is 0. The predicted molar refractivity (Wildman–Crippen MR) is 97.5 cm³/mol. The molecule has 4 rings (SSSR count). The molecular formula is C20H27N3O2. The van der Waals surface area contributed by atoms with Gasteiger partial charge in [-0.05, 0) is 24.5 Å². The Morgan fingerprint density at radius 1 is 1.04 bits per heavy atom. The normalized spacial score (nSPS) is 24.9. The number of hydrogen-bond donors (Lipinski definition) is 1. The number of amides is 2. The molecule has 25 heavy (non-hydrogen) atoms. The van der Waals surface area contributed by atoms with Crippen LogP contribution in [0.25, 0.3) is 0 Å². The number of fused-ring (bicyclic) bond motifs is 1. The van der Waals surface area contributed by atoms with Crippen LogP contribution in [0.1, 0.15) is 50.0 Å². The van der Waals surface area contributed by atoms with Crippen LogP contribution in [0.15, 0.2) is 24.3 Å². The van der Waals surface area contributed by atoms with Gasteiger partial charge in [-0.3, -0.25) is 14.5 Å². The Kier molecular flexibility index (Phi) is 4.75. The molecule has 2 heterocycles. The third kappa shape index (κ3) is 3.43. The first kappa shape index (κ1) is 16.6. The van der Waals surface area contributed by atoms with Gasteiger partial charge in [0, 0.05) is 44.3 Å². The minimum absolute atomic E-state index is 0.0459. The van der Waals surface area contributed by atoms with Gasteiger partial charge in [-0.15, -0.1) is 0 Å². The second-order valence-electron chi connectivity index (χ2n) is 7.54. The zero-order valence-electron chi connectivity index (χ0n) is 14.7. The topological polar surface area (TPSA) is 52.7 Å². The molecular weight excluding hydrogens is 314 g/mol. The van der Waals surface area contributed by atoms with Gasteiger partial charge >= 0.3 is 0 Å². The molecule has 1 aliphatic carbocycles. The number of rotatable bonds is 3. The highest BCUT2D eigenvalue weighted by Gasteiger charge is 2.34. The van der Waals surface area contributed by atoms with E-state index in [4.69, 9.17) is 0 Å². The molecule has 2 fully saturated rings. The molecule has 1 aromatic rings. The Bertz CT molecular complexity index is 646. The van der Waals surface area contributed by atoms with Gasteiger partial charge < -0.3 is 10.2 Å². The molecule has 0 spiro atoms. The molecule has 0 radical (unpaired) electrons. The Labute approximate surface area is 149 Å². The van der Waals surface area contributed by atoms with E-state index in [0.717, 1.165) is 43.5 Å². The zero-order valence-corrected chi connectivity index (χ0v) is 14.7. The maximum Gasteiger partial charge on any atom is 0.232 e. The number of carbonyl (C=O) groups is 2. The molecule has 134 valence electrons. The van der Waals surface area contributed by atoms with Crippen LogP contribution < -0.4 is 5.32 Å². The zero-order chi connectivity index (χ0) is 17.2. The summed E-state index contributed by atoms with van der Waals surface area (Å²) < 4.78 is 0. The van der Waals surface area contributed by atoms with E-state index < -0.39 is 0 Å². The van der Waals surface area contributed by atoms with Crippen molar-refractivity contribution in [2.45, 2.75) is 50.5 Å². The van der Waals surface area contributed by atoms with Crippen LogP contribution in [0.2, 0.25) is 0 Å². The fourth-order valence-corrected chi connectivity index (χ4v) is 4.56. The quantitative estimate of drug-likeness (QED) is 0.919. The van der Waals surface area contributed by atoms with Crippen LogP contribution in [0, 0.1) is 0 Å². The van der Waals surface area contributed by atoms with Crippen molar-refractivity contribution < 1.29 is 9.59 Å². The van der Waals surface area contributed by atoms with E-state index in [1.807, 2.05) is 29.2 Å². The summed E-state index contributed by atoms with van der Waals surface area (Å²) in [7, 11) is 0. The van der Waals surface area contributed by atoms with Crippen LogP contribution >= 0.6 is 0 Å². The lowest BCUT2D eigenvalue weighted by atomic mass is 9.93. The molecule has 1 aromatic carbocycles. The first-order valence-electron chi connectivity index (χ1n) is 9.64. The van der Waals surface area contributed by atoms with Crippen LogP contribution in [0.5, 0.6) is 0 Å². The molecule has 0 bridgehead atoms. The summed E-state index contributed by atoms with van der Waals surface area (Å²) in [6.45, 7) is 3.55. The summed E-state index contributed by atoms with van der Waals surface area (Å²) in [4.78, 5) is 29.5. The first-order chi connectivity index (χ1) is 12.2. The lowest BCUT2D eigenvalue weighted by molar-refractivity contribution is -0.135. The summed E-state index contributed by atoms with van der Waals surface area (Å²) in [5.41, 5.74) is 1.81. The van der Waals surface area contributed by atoms with E-state index in [1.54, 1.807) is 0 Å². The number of nitrogens with zero attached hydrogens (tertiary/aromatic N) is 2. The number of anilines is 1. The van der Waals surface area contributed by atoms with E-state index in [0.29, 0.717) is 0 Å². The highest BCUT2D eigenvalue weighted by atomic mass is 16.2. The molecule has 0 aromatic heterocycles. The Morgan fingerprint density at radius 3 is 2.52 bits per heavy atom. The molecule has 1 N–H and O–H groups in total. The predicted octanol–water partition coefficient (Wildman–Crippen LogP) is 2.59. The summed E-state index contributed by atoms with van der Waals surface area (Å²) in [5, 5.41) is 2.89. The Balaban J connectivity index is 1.33. The molecule has 1 unspecified atom stereocenters. The average Bonchev–Trinajstić information content (AvgIpc) is 2.98. The molecule has 2 aliphatic heterocycles. The van der Waals surface area contributed by atoms with E-state index in [2.05, 4.69) is 10.2 Å². The fraction of sp³-hybridized carbons (Fsp3) is 0.600.